The summed E-state index contributed by atoms with van der Waals surface area (Å²) in [6.45, 7) is 25.6. The standard InChI is InChI=1S/C17H42O2Si3/c1-12-15(13(2)3)16(14(4)5)20-17(18-21(6,7)8)19-22(9,10)11/h13-17H,12,20H2,1-11H3. The van der Waals surface area contributed by atoms with E-state index >= 15 is 0 Å². The first-order chi connectivity index (χ1) is 9.76. The maximum Gasteiger partial charge on any atom is 0.186 e. The van der Waals surface area contributed by atoms with Crippen molar-refractivity contribution in [3.63, 3.8) is 0 Å². The van der Waals surface area contributed by atoms with E-state index in [1.807, 2.05) is 0 Å². The number of hydrogen-bond donors (Lipinski definition) is 0. The van der Waals surface area contributed by atoms with Gasteiger partial charge in [-0.2, -0.15) is 0 Å². The van der Waals surface area contributed by atoms with E-state index < -0.39 is 26.2 Å². The molecule has 0 aliphatic heterocycles. The summed E-state index contributed by atoms with van der Waals surface area (Å²) in [4.78, 5) is 0. The molecule has 0 N–H and O–H groups in total. The van der Waals surface area contributed by atoms with Crippen LogP contribution in [-0.4, -0.2) is 32.1 Å². The van der Waals surface area contributed by atoms with Crippen LogP contribution < -0.4 is 0 Å². The second-order valence-corrected chi connectivity index (χ2v) is 20.4. The zero-order valence-electron chi connectivity index (χ0n) is 17.1. The van der Waals surface area contributed by atoms with Crippen molar-refractivity contribution in [1.82, 2.24) is 0 Å². The summed E-state index contributed by atoms with van der Waals surface area (Å²) in [5.41, 5.74) is 0.808. The number of hydrogen-bond acceptors (Lipinski definition) is 2. The summed E-state index contributed by atoms with van der Waals surface area (Å²) in [5.74, 6) is 2.42. The maximum atomic E-state index is 6.48. The number of rotatable bonds is 10. The summed E-state index contributed by atoms with van der Waals surface area (Å²) in [5, 5.41) is 0. The average molecular weight is 363 g/mol. The van der Waals surface area contributed by atoms with Crippen LogP contribution in [0.4, 0.5) is 0 Å². The van der Waals surface area contributed by atoms with E-state index in [4.69, 9.17) is 8.85 Å². The molecule has 0 saturated heterocycles. The van der Waals surface area contributed by atoms with Gasteiger partial charge in [-0.3, -0.25) is 0 Å². The lowest BCUT2D eigenvalue weighted by Crippen LogP contribution is -2.45. The van der Waals surface area contributed by atoms with Gasteiger partial charge in [0.2, 0.25) is 0 Å². The predicted molar refractivity (Wildman–Crippen MR) is 108 cm³/mol. The molecule has 2 unspecified atom stereocenters. The Bertz CT molecular complexity index is 290. The quantitative estimate of drug-likeness (QED) is 0.389. The van der Waals surface area contributed by atoms with Crippen molar-refractivity contribution in [3.8, 4) is 0 Å². The first-order valence-electron chi connectivity index (χ1n) is 9.12. The van der Waals surface area contributed by atoms with Gasteiger partial charge in [-0.15, -0.1) is 0 Å². The Labute approximate surface area is 144 Å². The zero-order valence-corrected chi connectivity index (χ0v) is 20.5. The molecule has 134 valence electrons. The van der Waals surface area contributed by atoms with Crippen molar-refractivity contribution in [1.29, 1.82) is 0 Å². The Kier molecular flexibility index (Phi) is 9.40. The van der Waals surface area contributed by atoms with Crippen molar-refractivity contribution >= 4 is 26.2 Å². The molecule has 0 bridgehead atoms. The Morgan fingerprint density at radius 2 is 1.18 bits per heavy atom. The smallest absolute Gasteiger partial charge is 0.186 e. The minimum absolute atomic E-state index is 0.124. The van der Waals surface area contributed by atoms with Crippen LogP contribution in [0.3, 0.4) is 0 Å². The summed E-state index contributed by atoms with van der Waals surface area (Å²) in [6.07, 6.45) is 1.28. The van der Waals surface area contributed by atoms with E-state index in [0.717, 1.165) is 23.3 Å². The van der Waals surface area contributed by atoms with Crippen LogP contribution in [0.5, 0.6) is 0 Å². The van der Waals surface area contributed by atoms with Gasteiger partial charge in [-0.05, 0) is 62.6 Å². The fourth-order valence-electron chi connectivity index (χ4n) is 3.34. The normalized spacial score (nSPS) is 17.2. The second-order valence-electron chi connectivity index (χ2n) is 9.35. The fourth-order valence-corrected chi connectivity index (χ4v) is 11.1. The molecule has 5 heteroatoms. The van der Waals surface area contributed by atoms with Gasteiger partial charge in [0.05, 0.1) is 9.52 Å². The van der Waals surface area contributed by atoms with Crippen LogP contribution in [0.1, 0.15) is 41.0 Å². The minimum atomic E-state index is -1.56. The van der Waals surface area contributed by atoms with Gasteiger partial charge in [0.15, 0.2) is 16.6 Å². The third-order valence-corrected chi connectivity index (χ3v) is 9.59. The molecule has 0 spiro atoms. The van der Waals surface area contributed by atoms with Gasteiger partial charge < -0.3 is 8.85 Å². The Morgan fingerprint density at radius 1 is 0.773 bits per heavy atom. The summed E-state index contributed by atoms with van der Waals surface area (Å²) >= 11 is 0. The SMILES string of the molecule is CCC(C(C)C)C([SiH2]C(O[Si](C)(C)C)O[Si](C)(C)C)C(C)C. The first kappa shape index (κ1) is 22.6. The van der Waals surface area contributed by atoms with Gasteiger partial charge >= 0.3 is 0 Å². The molecule has 0 rings (SSSR count). The molecule has 0 aromatic carbocycles. The van der Waals surface area contributed by atoms with E-state index in [1.54, 1.807) is 0 Å². The molecule has 0 aliphatic rings. The van der Waals surface area contributed by atoms with Crippen LogP contribution in [0, 0.1) is 17.8 Å². The highest BCUT2D eigenvalue weighted by molar-refractivity contribution is 6.71. The van der Waals surface area contributed by atoms with Crippen LogP contribution in [0.15, 0.2) is 0 Å². The molecule has 0 fully saturated rings. The lowest BCUT2D eigenvalue weighted by atomic mass is 9.85. The zero-order chi connectivity index (χ0) is 17.7. The molecule has 2 nitrogen and oxygen atoms in total. The molecule has 0 radical (unpaired) electrons. The highest BCUT2D eigenvalue weighted by Gasteiger charge is 2.33. The van der Waals surface area contributed by atoms with Crippen LogP contribution in [-0.2, 0) is 8.85 Å². The lowest BCUT2D eigenvalue weighted by molar-refractivity contribution is 0.0571. The Hall–Kier alpha value is 0.571. The molecular formula is C17H42O2Si3. The molecule has 0 heterocycles. The fraction of sp³-hybridized carbons (Fsp3) is 1.00. The highest BCUT2D eigenvalue weighted by Crippen LogP contribution is 2.36. The average Bonchev–Trinajstić information content (AvgIpc) is 2.22. The Morgan fingerprint density at radius 3 is 1.41 bits per heavy atom. The van der Waals surface area contributed by atoms with Crippen LogP contribution in [0.25, 0.3) is 0 Å². The van der Waals surface area contributed by atoms with Crippen molar-refractivity contribution in [2.24, 2.45) is 17.8 Å². The van der Waals surface area contributed by atoms with Gasteiger partial charge in [0, 0.05) is 0 Å². The van der Waals surface area contributed by atoms with Gasteiger partial charge in [0.25, 0.3) is 0 Å². The largest absolute Gasteiger partial charge is 0.398 e. The summed E-state index contributed by atoms with van der Waals surface area (Å²) in [7, 11) is -3.57. The molecular weight excluding hydrogens is 320 g/mol. The molecule has 0 aromatic heterocycles. The van der Waals surface area contributed by atoms with E-state index in [2.05, 4.69) is 73.9 Å². The van der Waals surface area contributed by atoms with Crippen LogP contribution in [0.2, 0.25) is 44.8 Å². The monoisotopic (exact) mass is 362 g/mol. The molecule has 2 atom stereocenters. The van der Waals surface area contributed by atoms with E-state index in [1.165, 1.54) is 6.42 Å². The van der Waals surface area contributed by atoms with Crippen molar-refractivity contribution in [2.75, 3.05) is 0 Å². The van der Waals surface area contributed by atoms with Crippen molar-refractivity contribution < 1.29 is 8.85 Å². The second kappa shape index (κ2) is 9.16. The molecule has 0 aromatic rings. The third kappa shape index (κ3) is 9.65. The van der Waals surface area contributed by atoms with E-state index in [-0.39, 0.29) is 5.91 Å². The molecule has 22 heavy (non-hydrogen) atoms. The van der Waals surface area contributed by atoms with Gasteiger partial charge in [0.1, 0.15) is 5.91 Å². The van der Waals surface area contributed by atoms with Crippen molar-refractivity contribution in [3.05, 3.63) is 0 Å². The minimum Gasteiger partial charge on any atom is -0.398 e. The maximum absolute atomic E-state index is 6.48. The van der Waals surface area contributed by atoms with E-state index in [9.17, 15) is 0 Å². The highest BCUT2D eigenvalue weighted by atomic mass is 28.4. The topological polar surface area (TPSA) is 18.5 Å². The van der Waals surface area contributed by atoms with Crippen LogP contribution >= 0.6 is 0 Å². The summed E-state index contributed by atoms with van der Waals surface area (Å²) in [6, 6.07) is 0. The molecule has 0 aliphatic carbocycles. The third-order valence-electron chi connectivity index (χ3n) is 4.17. The predicted octanol–water partition coefficient (Wildman–Crippen LogP) is 5.27. The molecule has 0 saturated carbocycles. The van der Waals surface area contributed by atoms with Gasteiger partial charge in [-0.25, -0.2) is 0 Å². The van der Waals surface area contributed by atoms with E-state index in [0.29, 0.717) is 0 Å². The lowest BCUT2D eigenvalue weighted by Gasteiger charge is -2.38. The van der Waals surface area contributed by atoms with Gasteiger partial charge in [-0.1, -0.05) is 41.0 Å². The molecule has 0 amide bonds. The Balaban J connectivity index is 5.19. The van der Waals surface area contributed by atoms with Crippen molar-refractivity contribution in [2.45, 2.75) is 91.8 Å². The first-order valence-corrected chi connectivity index (χ1v) is 17.6. The summed E-state index contributed by atoms with van der Waals surface area (Å²) < 4.78 is 13.0.